The molecule has 0 aliphatic rings. The molecule has 0 radical (unpaired) electrons. The Kier molecular flexibility index (Phi) is 5.81. The summed E-state index contributed by atoms with van der Waals surface area (Å²) in [4.78, 5) is 0. The van der Waals surface area contributed by atoms with Crippen LogP contribution in [0.4, 0.5) is 0 Å². The first kappa shape index (κ1) is 15.6. The van der Waals surface area contributed by atoms with E-state index in [1.54, 1.807) is 0 Å². The van der Waals surface area contributed by atoms with Crippen LogP contribution in [-0.4, -0.2) is 22.9 Å². The third-order valence-corrected chi connectivity index (χ3v) is 3.43. The van der Waals surface area contributed by atoms with Gasteiger partial charge in [0.2, 0.25) is 0 Å². The molecule has 2 aromatic rings. The SMILES string of the molecule is CCCNC(c1ccc(OCC)cc1)c1cnn(CC)c1. The summed E-state index contributed by atoms with van der Waals surface area (Å²) >= 11 is 0. The Labute approximate surface area is 127 Å². The molecule has 0 fully saturated rings. The molecule has 0 saturated carbocycles. The molecule has 114 valence electrons. The van der Waals surface area contributed by atoms with Gasteiger partial charge in [-0.1, -0.05) is 19.1 Å². The van der Waals surface area contributed by atoms with E-state index in [0.29, 0.717) is 6.61 Å². The zero-order valence-electron chi connectivity index (χ0n) is 13.2. The molecule has 0 aliphatic carbocycles. The number of benzene rings is 1. The molecule has 1 atom stereocenters. The maximum Gasteiger partial charge on any atom is 0.119 e. The van der Waals surface area contributed by atoms with Crippen LogP contribution < -0.4 is 10.1 Å². The fourth-order valence-corrected chi connectivity index (χ4v) is 2.34. The first-order valence-corrected chi connectivity index (χ1v) is 7.77. The highest BCUT2D eigenvalue weighted by Gasteiger charge is 2.15. The Morgan fingerprint density at radius 2 is 1.90 bits per heavy atom. The van der Waals surface area contributed by atoms with E-state index in [1.165, 1.54) is 11.1 Å². The predicted molar refractivity (Wildman–Crippen MR) is 85.6 cm³/mol. The molecule has 1 aromatic heterocycles. The molecule has 0 bridgehead atoms. The summed E-state index contributed by atoms with van der Waals surface area (Å²) in [7, 11) is 0. The lowest BCUT2D eigenvalue weighted by Gasteiger charge is -2.18. The van der Waals surface area contributed by atoms with Crippen molar-refractivity contribution < 1.29 is 4.74 Å². The number of hydrogen-bond acceptors (Lipinski definition) is 3. The fourth-order valence-electron chi connectivity index (χ4n) is 2.34. The lowest BCUT2D eigenvalue weighted by molar-refractivity contribution is 0.340. The van der Waals surface area contributed by atoms with Gasteiger partial charge in [-0.3, -0.25) is 4.68 Å². The van der Waals surface area contributed by atoms with Crippen LogP contribution in [0.1, 0.15) is 44.4 Å². The van der Waals surface area contributed by atoms with Crippen LogP contribution in [0.25, 0.3) is 0 Å². The summed E-state index contributed by atoms with van der Waals surface area (Å²) < 4.78 is 7.47. The minimum atomic E-state index is 0.181. The van der Waals surface area contributed by atoms with Crippen LogP contribution in [0.3, 0.4) is 0 Å². The van der Waals surface area contributed by atoms with Gasteiger partial charge in [0, 0.05) is 18.3 Å². The third kappa shape index (κ3) is 4.08. The second-order valence-electron chi connectivity index (χ2n) is 5.02. The first-order valence-electron chi connectivity index (χ1n) is 7.77. The van der Waals surface area contributed by atoms with Crippen LogP contribution in [0.5, 0.6) is 5.75 Å². The van der Waals surface area contributed by atoms with Gasteiger partial charge in [-0.05, 0) is 44.5 Å². The summed E-state index contributed by atoms with van der Waals surface area (Å²) in [6, 6.07) is 8.50. The standard InChI is InChI=1S/C17H25N3O/c1-4-11-18-17(15-12-19-20(5-2)13-15)14-7-9-16(10-8-14)21-6-3/h7-10,12-13,17-18H,4-6,11H2,1-3H3. The van der Waals surface area contributed by atoms with E-state index >= 15 is 0 Å². The molecule has 0 aliphatic heterocycles. The van der Waals surface area contributed by atoms with Crippen LogP contribution in [0, 0.1) is 0 Å². The van der Waals surface area contributed by atoms with E-state index in [9.17, 15) is 0 Å². The van der Waals surface area contributed by atoms with Gasteiger partial charge in [0.25, 0.3) is 0 Å². The maximum absolute atomic E-state index is 5.51. The van der Waals surface area contributed by atoms with Gasteiger partial charge >= 0.3 is 0 Å². The van der Waals surface area contributed by atoms with E-state index in [-0.39, 0.29) is 6.04 Å². The summed E-state index contributed by atoms with van der Waals surface area (Å²) in [5.41, 5.74) is 2.44. The quantitative estimate of drug-likeness (QED) is 0.809. The maximum atomic E-state index is 5.51. The van der Waals surface area contributed by atoms with E-state index in [1.807, 2.05) is 29.9 Å². The average Bonchev–Trinajstić information content (AvgIpc) is 2.98. The minimum absolute atomic E-state index is 0.181. The Morgan fingerprint density at radius 3 is 2.48 bits per heavy atom. The molecule has 1 unspecified atom stereocenters. The Balaban J connectivity index is 2.21. The summed E-state index contributed by atoms with van der Waals surface area (Å²) in [5, 5.41) is 7.98. The zero-order chi connectivity index (χ0) is 15.1. The van der Waals surface area contributed by atoms with E-state index < -0.39 is 0 Å². The first-order chi connectivity index (χ1) is 10.3. The monoisotopic (exact) mass is 287 g/mol. The second kappa shape index (κ2) is 7.84. The highest BCUT2D eigenvalue weighted by molar-refractivity contribution is 5.34. The second-order valence-corrected chi connectivity index (χ2v) is 5.02. The topological polar surface area (TPSA) is 39.1 Å². The molecular weight excluding hydrogens is 262 g/mol. The number of rotatable bonds is 8. The molecule has 1 aromatic carbocycles. The van der Waals surface area contributed by atoms with Crippen LogP contribution in [0.2, 0.25) is 0 Å². The van der Waals surface area contributed by atoms with Gasteiger partial charge < -0.3 is 10.1 Å². The molecule has 4 heteroatoms. The molecule has 4 nitrogen and oxygen atoms in total. The molecular formula is C17H25N3O. The summed E-state index contributed by atoms with van der Waals surface area (Å²) in [6.45, 7) is 8.84. The largest absolute Gasteiger partial charge is 0.494 e. The van der Waals surface area contributed by atoms with Crippen molar-refractivity contribution in [3.8, 4) is 5.75 Å². The lowest BCUT2D eigenvalue weighted by Crippen LogP contribution is -2.22. The highest BCUT2D eigenvalue weighted by atomic mass is 16.5. The van der Waals surface area contributed by atoms with Crippen LogP contribution in [-0.2, 0) is 6.54 Å². The van der Waals surface area contributed by atoms with Gasteiger partial charge in [0.1, 0.15) is 5.75 Å². The molecule has 0 amide bonds. The molecule has 1 heterocycles. The van der Waals surface area contributed by atoms with Gasteiger partial charge in [-0.2, -0.15) is 5.10 Å². The van der Waals surface area contributed by atoms with Gasteiger partial charge in [0.15, 0.2) is 0 Å². The number of aryl methyl sites for hydroxylation is 1. The van der Waals surface area contributed by atoms with Crippen molar-refractivity contribution in [2.75, 3.05) is 13.2 Å². The molecule has 0 spiro atoms. The van der Waals surface area contributed by atoms with Crippen molar-refractivity contribution in [2.24, 2.45) is 0 Å². The van der Waals surface area contributed by atoms with Crippen molar-refractivity contribution in [3.05, 3.63) is 47.8 Å². The number of hydrogen-bond donors (Lipinski definition) is 1. The van der Waals surface area contributed by atoms with E-state index in [2.05, 4.69) is 42.6 Å². The van der Waals surface area contributed by atoms with Gasteiger partial charge in [-0.15, -0.1) is 0 Å². The number of nitrogens with zero attached hydrogens (tertiary/aromatic N) is 2. The Morgan fingerprint density at radius 1 is 1.14 bits per heavy atom. The minimum Gasteiger partial charge on any atom is -0.494 e. The number of nitrogens with one attached hydrogen (secondary N) is 1. The van der Waals surface area contributed by atoms with Gasteiger partial charge in [0.05, 0.1) is 18.8 Å². The van der Waals surface area contributed by atoms with Crippen molar-refractivity contribution in [1.29, 1.82) is 0 Å². The smallest absolute Gasteiger partial charge is 0.119 e. The highest BCUT2D eigenvalue weighted by Crippen LogP contribution is 2.24. The zero-order valence-corrected chi connectivity index (χ0v) is 13.2. The fraction of sp³-hybridized carbons (Fsp3) is 0.471. The third-order valence-electron chi connectivity index (χ3n) is 3.43. The summed E-state index contributed by atoms with van der Waals surface area (Å²) in [5.74, 6) is 0.916. The molecule has 1 N–H and O–H groups in total. The van der Waals surface area contributed by atoms with E-state index in [4.69, 9.17) is 4.74 Å². The average molecular weight is 287 g/mol. The Hall–Kier alpha value is -1.81. The van der Waals surface area contributed by atoms with E-state index in [0.717, 1.165) is 25.3 Å². The predicted octanol–water partition coefficient (Wildman–Crippen LogP) is 3.39. The molecule has 0 saturated heterocycles. The normalized spacial score (nSPS) is 12.3. The van der Waals surface area contributed by atoms with Crippen molar-refractivity contribution in [2.45, 2.75) is 39.8 Å². The van der Waals surface area contributed by atoms with Crippen molar-refractivity contribution in [1.82, 2.24) is 15.1 Å². The Bertz CT molecular complexity index is 533. The number of ether oxygens (including phenoxy) is 1. The van der Waals surface area contributed by atoms with Gasteiger partial charge in [-0.25, -0.2) is 0 Å². The molecule has 21 heavy (non-hydrogen) atoms. The van der Waals surface area contributed by atoms with Crippen LogP contribution in [0.15, 0.2) is 36.7 Å². The summed E-state index contributed by atoms with van der Waals surface area (Å²) in [6.07, 6.45) is 5.17. The lowest BCUT2D eigenvalue weighted by atomic mass is 10.0. The van der Waals surface area contributed by atoms with Crippen molar-refractivity contribution >= 4 is 0 Å². The number of aromatic nitrogens is 2. The van der Waals surface area contributed by atoms with Crippen LogP contribution >= 0.6 is 0 Å². The van der Waals surface area contributed by atoms with Crippen molar-refractivity contribution in [3.63, 3.8) is 0 Å². The molecule has 2 rings (SSSR count).